The number of epoxide rings is 1. The number of ether oxygens (including phenoxy) is 2. The number of likely N-dealkylation sites (N-methyl/N-ethyl adjacent to an activating group) is 1. The largest absolute Gasteiger partial charge is 0.462 e. The summed E-state index contributed by atoms with van der Waals surface area (Å²) in [4.78, 5) is 17.3. The number of aliphatic hydroxyl groups is 2. The number of piperidine rings is 2. The van der Waals surface area contributed by atoms with Crippen LogP contribution < -0.4 is 0 Å². The predicted octanol–water partition coefficient (Wildman–Crippen LogP) is 5.11. The van der Waals surface area contributed by atoms with E-state index in [0.29, 0.717) is 24.3 Å². The Labute approximate surface area is 267 Å². The number of hydrogen-bond acceptors (Lipinski definition) is 7. The first-order valence-corrected chi connectivity index (χ1v) is 16.8. The van der Waals surface area contributed by atoms with E-state index in [1.165, 1.54) is 32.4 Å². The van der Waals surface area contributed by atoms with Gasteiger partial charge in [0.15, 0.2) is 0 Å². The molecule has 2 bridgehead atoms. The lowest BCUT2D eigenvalue weighted by Crippen LogP contribution is -2.48. The van der Waals surface area contributed by atoms with Gasteiger partial charge in [0.05, 0.1) is 6.61 Å². The Morgan fingerprint density at radius 3 is 1.93 bits per heavy atom. The van der Waals surface area contributed by atoms with E-state index < -0.39 is 11.5 Å². The van der Waals surface area contributed by atoms with Crippen molar-refractivity contribution >= 4 is 5.97 Å². The normalized spacial score (nSPS) is 26.7. The smallest absolute Gasteiger partial charge is 0.316 e. The second-order valence-electron chi connectivity index (χ2n) is 13.1. The van der Waals surface area contributed by atoms with Gasteiger partial charge in [-0.15, -0.1) is 0 Å². The van der Waals surface area contributed by atoms with Gasteiger partial charge in [-0.05, 0) is 69.1 Å². The van der Waals surface area contributed by atoms with Crippen molar-refractivity contribution in [2.24, 2.45) is 0 Å². The van der Waals surface area contributed by atoms with Crippen LogP contribution in [0.2, 0.25) is 0 Å². The number of nitrogens with zero attached hydrogens (tertiary/aromatic N) is 2. The number of esters is 1. The number of benzene rings is 3. The van der Waals surface area contributed by atoms with E-state index in [1.54, 1.807) is 0 Å². The Morgan fingerprint density at radius 1 is 0.867 bits per heavy atom. The number of fused-ring (bicyclic) bond motifs is 5. The Bertz CT molecular complexity index is 1290. The van der Waals surface area contributed by atoms with Crippen LogP contribution in [0, 0.1) is 0 Å². The summed E-state index contributed by atoms with van der Waals surface area (Å²) in [5.41, 5.74) is 1.89. The number of rotatable bonds is 10. The number of carbonyl (C=O) groups is 1. The Hall–Kier alpha value is -3.07. The van der Waals surface area contributed by atoms with Gasteiger partial charge in [0.25, 0.3) is 0 Å². The molecule has 0 aromatic heterocycles. The Kier molecular flexibility index (Phi) is 10.3. The first-order valence-electron chi connectivity index (χ1n) is 16.8. The van der Waals surface area contributed by atoms with E-state index in [2.05, 4.69) is 16.8 Å². The van der Waals surface area contributed by atoms with Gasteiger partial charge in [0, 0.05) is 24.9 Å². The van der Waals surface area contributed by atoms with E-state index in [4.69, 9.17) is 9.47 Å². The molecule has 7 rings (SSSR count). The average molecular weight is 613 g/mol. The fourth-order valence-electron chi connectivity index (χ4n) is 7.67. The lowest BCUT2D eigenvalue weighted by atomic mass is 9.82. The fourth-order valence-corrected chi connectivity index (χ4v) is 7.67. The molecular formula is C38H48N2O5. The lowest BCUT2D eigenvalue weighted by molar-refractivity contribution is -0.156. The van der Waals surface area contributed by atoms with Crippen LogP contribution >= 0.6 is 0 Å². The van der Waals surface area contributed by atoms with Crippen molar-refractivity contribution in [2.45, 2.75) is 86.9 Å². The van der Waals surface area contributed by atoms with Crippen LogP contribution in [0.25, 0.3) is 0 Å². The molecule has 0 aliphatic carbocycles. The van der Waals surface area contributed by atoms with Crippen molar-refractivity contribution in [2.75, 3.05) is 33.3 Å². The topological polar surface area (TPSA) is 85.8 Å². The molecular weight excluding hydrogens is 564 g/mol. The number of morpholine rings is 1. The molecule has 4 aliphatic heterocycles. The summed E-state index contributed by atoms with van der Waals surface area (Å²) >= 11 is 0. The van der Waals surface area contributed by atoms with Gasteiger partial charge in [0.1, 0.15) is 29.8 Å². The first-order chi connectivity index (χ1) is 22.0. The minimum atomic E-state index is -0.891. The number of aliphatic hydroxyl groups excluding tert-OH is 1. The number of likely N-dealkylation sites (tertiary alicyclic amines) is 1. The molecule has 6 atom stereocenters. The third-order valence-corrected chi connectivity index (χ3v) is 10.3. The van der Waals surface area contributed by atoms with Gasteiger partial charge in [-0.2, -0.15) is 0 Å². The standard InChI is InChI=1S/C21H27NO.C17H21NO4/c23-21(19-11-4-1-5-12-19,20-13-6-2-7-14-20)15-10-18-22-16-8-3-9-17-22;1-18-13-7-11(8-14(18)16-15(13)22-16)21-17(20)12(9-19)10-5-3-2-4-6-10/h1-2,4-7,11-14,23H,3,8-10,15-18H2;2-6,11-16,19H,7-9H2,1H3/t;11?,12-,13-,14+,15-,16+/m.1/s1. The van der Waals surface area contributed by atoms with E-state index >= 15 is 0 Å². The highest BCUT2D eigenvalue weighted by molar-refractivity contribution is 5.78. The molecule has 0 radical (unpaired) electrons. The molecule has 7 heteroatoms. The molecule has 4 fully saturated rings. The molecule has 1 unspecified atom stereocenters. The third-order valence-electron chi connectivity index (χ3n) is 10.3. The van der Waals surface area contributed by atoms with Gasteiger partial charge in [-0.25, -0.2) is 0 Å². The zero-order chi connectivity index (χ0) is 31.2. The van der Waals surface area contributed by atoms with Gasteiger partial charge < -0.3 is 24.6 Å². The maximum absolute atomic E-state index is 12.4. The SMILES string of the molecule is CN1[C@@H]2CC(OC(=O)[C@H](CO)c3ccccc3)C[C@H]1[C@@H]1O[C@@H]12.OC(CCCN1CCCCC1)(c1ccccc1)c1ccccc1. The molecule has 7 nitrogen and oxygen atoms in total. The molecule has 4 saturated heterocycles. The molecule has 4 heterocycles. The van der Waals surface area contributed by atoms with Crippen LogP contribution in [0.15, 0.2) is 91.0 Å². The molecule has 45 heavy (non-hydrogen) atoms. The summed E-state index contributed by atoms with van der Waals surface area (Å²) in [6.45, 7) is 3.29. The summed E-state index contributed by atoms with van der Waals surface area (Å²) in [5.74, 6) is -0.915. The van der Waals surface area contributed by atoms with Crippen molar-refractivity contribution in [3.05, 3.63) is 108 Å². The molecule has 3 aromatic rings. The molecule has 3 aromatic carbocycles. The molecule has 2 N–H and O–H groups in total. The van der Waals surface area contributed by atoms with Gasteiger partial charge in [-0.3, -0.25) is 9.69 Å². The van der Waals surface area contributed by atoms with Crippen LogP contribution in [-0.2, 0) is 19.9 Å². The van der Waals surface area contributed by atoms with E-state index in [-0.39, 0.29) is 18.7 Å². The predicted molar refractivity (Wildman–Crippen MR) is 175 cm³/mol. The highest BCUT2D eigenvalue weighted by Crippen LogP contribution is 2.48. The molecule has 0 spiro atoms. The fraction of sp³-hybridized carbons (Fsp3) is 0.500. The van der Waals surface area contributed by atoms with Crippen molar-refractivity contribution in [3.8, 4) is 0 Å². The van der Waals surface area contributed by atoms with Crippen molar-refractivity contribution in [1.82, 2.24) is 9.80 Å². The van der Waals surface area contributed by atoms with Crippen molar-refractivity contribution < 1.29 is 24.5 Å². The van der Waals surface area contributed by atoms with Crippen molar-refractivity contribution in [3.63, 3.8) is 0 Å². The number of carbonyl (C=O) groups excluding carboxylic acids is 1. The average Bonchev–Trinajstić information content (AvgIpc) is 3.86. The van der Waals surface area contributed by atoms with Gasteiger partial charge in [-0.1, -0.05) is 97.4 Å². The van der Waals surface area contributed by atoms with E-state index in [1.807, 2.05) is 91.0 Å². The third kappa shape index (κ3) is 7.34. The van der Waals surface area contributed by atoms with E-state index in [0.717, 1.165) is 48.9 Å². The summed E-state index contributed by atoms with van der Waals surface area (Å²) < 4.78 is 11.4. The van der Waals surface area contributed by atoms with Crippen molar-refractivity contribution in [1.29, 1.82) is 0 Å². The maximum atomic E-state index is 12.4. The van der Waals surface area contributed by atoms with Crippen LogP contribution in [0.5, 0.6) is 0 Å². The zero-order valence-electron chi connectivity index (χ0n) is 26.4. The zero-order valence-corrected chi connectivity index (χ0v) is 26.4. The van der Waals surface area contributed by atoms with Gasteiger partial charge >= 0.3 is 5.97 Å². The summed E-state index contributed by atoms with van der Waals surface area (Å²) in [5, 5.41) is 21.0. The summed E-state index contributed by atoms with van der Waals surface area (Å²) in [7, 11) is 2.13. The summed E-state index contributed by atoms with van der Waals surface area (Å²) in [6.07, 6.45) is 8.05. The van der Waals surface area contributed by atoms with Crippen LogP contribution in [0.3, 0.4) is 0 Å². The van der Waals surface area contributed by atoms with Crippen LogP contribution in [-0.4, -0.2) is 89.7 Å². The van der Waals surface area contributed by atoms with Crippen LogP contribution in [0.4, 0.5) is 0 Å². The summed E-state index contributed by atoms with van der Waals surface area (Å²) in [6, 6.07) is 30.2. The molecule has 4 aliphatic rings. The quantitative estimate of drug-likeness (QED) is 0.243. The second-order valence-corrected chi connectivity index (χ2v) is 13.1. The van der Waals surface area contributed by atoms with E-state index in [9.17, 15) is 15.0 Å². The maximum Gasteiger partial charge on any atom is 0.316 e. The Balaban J connectivity index is 0.000000159. The highest BCUT2D eigenvalue weighted by Gasteiger charge is 2.62. The molecule has 240 valence electrons. The Morgan fingerprint density at radius 2 is 1.40 bits per heavy atom. The minimum Gasteiger partial charge on any atom is -0.462 e. The monoisotopic (exact) mass is 612 g/mol. The van der Waals surface area contributed by atoms with Gasteiger partial charge in [0.2, 0.25) is 0 Å². The lowest BCUT2D eigenvalue weighted by Gasteiger charge is -2.38. The number of hydrogen-bond donors (Lipinski definition) is 2. The van der Waals surface area contributed by atoms with Crippen LogP contribution in [0.1, 0.15) is 67.6 Å². The second kappa shape index (κ2) is 14.6. The molecule has 0 amide bonds. The highest BCUT2D eigenvalue weighted by atomic mass is 16.6. The molecule has 0 saturated carbocycles. The minimum absolute atomic E-state index is 0.0622. The first kappa shape index (κ1) is 31.9.